The lowest BCUT2D eigenvalue weighted by Crippen LogP contribution is -2.23. The summed E-state index contributed by atoms with van der Waals surface area (Å²) in [6, 6.07) is 0. The van der Waals surface area contributed by atoms with Gasteiger partial charge in [0.1, 0.15) is 0 Å². The van der Waals surface area contributed by atoms with E-state index in [1.54, 1.807) is 0 Å². The Morgan fingerprint density at radius 1 is 1.50 bits per heavy atom. The van der Waals surface area contributed by atoms with Crippen molar-refractivity contribution >= 4 is 22.4 Å². The summed E-state index contributed by atoms with van der Waals surface area (Å²) < 4.78 is 1.85. The van der Waals surface area contributed by atoms with Crippen LogP contribution in [0.25, 0.3) is 0 Å². The molecule has 0 saturated carbocycles. The highest BCUT2D eigenvalue weighted by molar-refractivity contribution is 7.13. The summed E-state index contributed by atoms with van der Waals surface area (Å²) in [5.41, 5.74) is 9.60. The first-order valence-electron chi connectivity index (χ1n) is 6.43. The van der Waals surface area contributed by atoms with Gasteiger partial charge < -0.3 is 11.1 Å². The van der Waals surface area contributed by atoms with Crippen LogP contribution in [-0.4, -0.2) is 20.7 Å². The maximum Gasteiger partial charge on any atom is 0.220 e. The monoisotopic (exact) mass is 293 g/mol. The van der Waals surface area contributed by atoms with Crippen molar-refractivity contribution in [3.05, 3.63) is 28.0 Å². The third-order valence-corrected chi connectivity index (χ3v) is 4.02. The number of hydrogen-bond acceptors (Lipinski definition) is 5. The van der Waals surface area contributed by atoms with Gasteiger partial charge in [-0.1, -0.05) is 0 Å². The van der Waals surface area contributed by atoms with E-state index in [2.05, 4.69) is 15.4 Å². The first-order valence-corrected chi connectivity index (χ1v) is 7.31. The summed E-state index contributed by atoms with van der Waals surface area (Å²) in [6.07, 6.45) is 1.16. The molecular formula is C13H19N5OS. The molecule has 2 rings (SSSR count). The van der Waals surface area contributed by atoms with E-state index in [-0.39, 0.29) is 5.91 Å². The largest absolute Gasteiger partial charge is 0.375 e. The van der Waals surface area contributed by atoms with Crippen LogP contribution in [0.3, 0.4) is 0 Å². The number of amides is 1. The van der Waals surface area contributed by atoms with Gasteiger partial charge in [0.15, 0.2) is 5.13 Å². The van der Waals surface area contributed by atoms with E-state index in [0.717, 1.165) is 22.6 Å². The number of nitrogen functional groups attached to an aromatic ring is 1. The van der Waals surface area contributed by atoms with Crippen molar-refractivity contribution in [2.24, 2.45) is 7.05 Å². The zero-order chi connectivity index (χ0) is 14.7. The minimum atomic E-state index is 0.0132. The van der Waals surface area contributed by atoms with Gasteiger partial charge in [-0.3, -0.25) is 9.48 Å². The van der Waals surface area contributed by atoms with Crippen molar-refractivity contribution in [3.8, 4) is 0 Å². The molecule has 2 aromatic heterocycles. The second kappa shape index (κ2) is 6.04. The number of anilines is 1. The summed E-state index contributed by atoms with van der Waals surface area (Å²) in [6.45, 7) is 4.42. The molecule has 2 heterocycles. The number of hydrogen-bond donors (Lipinski definition) is 2. The minimum Gasteiger partial charge on any atom is -0.375 e. The first-order chi connectivity index (χ1) is 9.47. The van der Waals surface area contributed by atoms with E-state index in [1.165, 1.54) is 11.3 Å². The fourth-order valence-electron chi connectivity index (χ4n) is 2.10. The normalized spacial score (nSPS) is 10.8. The van der Waals surface area contributed by atoms with Crippen LogP contribution in [0.2, 0.25) is 0 Å². The van der Waals surface area contributed by atoms with Gasteiger partial charge in [-0.25, -0.2) is 4.98 Å². The molecule has 0 atom stereocenters. The summed E-state index contributed by atoms with van der Waals surface area (Å²) in [5, 5.41) is 9.57. The number of aryl methyl sites for hydroxylation is 2. The molecule has 2 aromatic rings. The molecule has 3 N–H and O–H groups in total. The summed E-state index contributed by atoms with van der Waals surface area (Å²) in [5.74, 6) is 0.0132. The zero-order valence-corrected chi connectivity index (χ0v) is 12.8. The maximum absolute atomic E-state index is 11.8. The quantitative estimate of drug-likeness (QED) is 0.870. The van der Waals surface area contributed by atoms with Crippen molar-refractivity contribution in [1.82, 2.24) is 20.1 Å². The predicted molar refractivity (Wildman–Crippen MR) is 79.4 cm³/mol. The number of rotatable bonds is 5. The molecule has 20 heavy (non-hydrogen) atoms. The number of carbonyl (C=O) groups excluding carboxylic acids is 1. The standard InChI is InChI=1S/C13H19N5OS/c1-8-11(9(2)18(3)17-8)4-5-12(19)15-6-10-7-20-13(14)16-10/h7H,4-6H2,1-3H3,(H2,14,16)(H,15,19). The molecule has 0 spiro atoms. The van der Waals surface area contributed by atoms with E-state index in [0.29, 0.717) is 24.5 Å². The van der Waals surface area contributed by atoms with Crippen molar-refractivity contribution in [1.29, 1.82) is 0 Å². The Hall–Kier alpha value is -1.89. The molecule has 0 unspecified atom stereocenters. The van der Waals surface area contributed by atoms with Crippen LogP contribution in [0.1, 0.15) is 29.1 Å². The summed E-state index contributed by atoms with van der Waals surface area (Å²) in [7, 11) is 1.92. The highest BCUT2D eigenvalue weighted by Crippen LogP contribution is 2.14. The van der Waals surface area contributed by atoms with Crippen LogP contribution in [0.5, 0.6) is 0 Å². The number of thiazole rings is 1. The lowest BCUT2D eigenvalue weighted by Gasteiger charge is -2.04. The van der Waals surface area contributed by atoms with Crippen molar-refractivity contribution in [3.63, 3.8) is 0 Å². The summed E-state index contributed by atoms with van der Waals surface area (Å²) >= 11 is 1.38. The van der Waals surface area contributed by atoms with E-state index in [4.69, 9.17) is 5.73 Å². The number of nitrogens with two attached hydrogens (primary N) is 1. The molecule has 0 aliphatic carbocycles. The van der Waals surface area contributed by atoms with E-state index >= 15 is 0 Å². The van der Waals surface area contributed by atoms with Crippen LogP contribution in [0.15, 0.2) is 5.38 Å². The third-order valence-electron chi connectivity index (χ3n) is 3.30. The van der Waals surface area contributed by atoms with Crippen LogP contribution < -0.4 is 11.1 Å². The highest BCUT2D eigenvalue weighted by Gasteiger charge is 2.11. The molecule has 0 saturated heterocycles. The zero-order valence-electron chi connectivity index (χ0n) is 11.9. The molecular weight excluding hydrogens is 274 g/mol. The van der Waals surface area contributed by atoms with Gasteiger partial charge >= 0.3 is 0 Å². The van der Waals surface area contributed by atoms with E-state index in [1.807, 2.05) is 31.0 Å². The van der Waals surface area contributed by atoms with Gasteiger partial charge in [-0.05, 0) is 25.8 Å². The van der Waals surface area contributed by atoms with Crippen LogP contribution in [-0.2, 0) is 24.8 Å². The first kappa shape index (κ1) is 14.5. The van der Waals surface area contributed by atoms with E-state index in [9.17, 15) is 4.79 Å². The van der Waals surface area contributed by atoms with Crippen LogP contribution >= 0.6 is 11.3 Å². The van der Waals surface area contributed by atoms with E-state index < -0.39 is 0 Å². The minimum absolute atomic E-state index is 0.0132. The smallest absolute Gasteiger partial charge is 0.220 e. The number of nitrogens with one attached hydrogen (secondary N) is 1. The Kier molecular flexibility index (Phi) is 4.39. The molecule has 0 aromatic carbocycles. The average Bonchev–Trinajstić information content (AvgIpc) is 2.91. The van der Waals surface area contributed by atoms with Gasteiger partial charge in [0, 0.05) is 24.5 Å². The molecule has 6 nitrogen and oxygen atoms in total. The Bertz CT molecular complexity index is 616. The molecule has 1 amide bonds. The Balaban J connectivity index is 1.83. The van der Waals surface area contributed by atoms with Gasteiger partial charge in [0.25, 0.3) is 0 Å². The van der Waals surface area contributed by atoms with Gasteiger partial charge in [-0.2, -0.15) is 5.10 Å². The average molecular weight is 293 g/mol. The Morgan fingerprint density at radius 3 is 2.80 bits per heavy atom. The Labute approximate surface area is 122 Å². The molecule has 108 valence electrons. The number of carbonyl (C=O) groups is 1. The lowest BCUT2D eigenvalue weighted by atomic mass is 10.1. The second-order valence-electron chi connectivity index (χ2n) is 4.73. The highest BCUT2D eigenvalue weighted by atomic mass is 32.1. The van der Waals surface area contributed by atoms with Gasteiger partial charge in [0.05, 0.1) is 17.9 Å². The Morgan fingerprint density at radius 2 is 2.25 bits per heavy atom. The topological polar surface area (TPSA) is 85.8 Å². The molecule has 7 heteroatoms. The van der Waals surface area contributed by atoms with Crippen LogP contribution in [0, 0.1) is 13.8 Å². The van der Waals surface area contributed by atoms with Crippen molar-refractivity contribution in [2.45, 2.75) is 33.2 Å². The van der Waals surface area contributed by atoms with Crippen molar-refractivity contribution < 1.29 is 4.79 Å². The fourth-order valence-corrected chi connectivity index (χ4v) is 2.66. The lowest BCUT2D eigenvalue weighted by molar-refractivity contribution is -0.121. The maximum atomic E-state index is 11.8. The van der Waals surface area contributed by atoms with Gasteiger partial charge in [-0.15, -0.1) is 11.3 Å². The molecule has 0 radical (unpaired) electrons. The fraction of sp³-hybridized carbons (Fsp3) is 0.462. The molecule has 0 fully saturated rings. The number of nitrogens with zero attached hydrogens (tertiary/aromatic N) is 3. The second-order valence-corrected chi connectivity index (χ2v) is 5.62. The molecule has 0 aliphatic rings. The van der Waals surface area contributed by atoms with Crippen molar-refractivity contribution in [2.75, 3.05) is 5.73 Å². The summed E-state index contributed by atoms with van der Waals surface area (Å²) in [4.78, 5) is 15.9. The van der Waals surface area contributed by atoms with Crippen LogP contribution in [0.4, 0.5) is 5.13 Å². The molecule has 0 aliphatic heterocycles. The van der Waals surface area contributed by atoms with Gasteiger partial charge in [0.2, 0.25) is 5.91 Å². The molecule has 0 bridgehead atoms. The predicted octanol–water partition coefficient (Wildman–Crippen LogP) is 1.32. The number of aromatic nitrogens is 3. The third kappa shape index (κ3) is 3.36. The SMILES string of the molecule is Cc1nn(C)c(C)c1CCC(=O)NCc1csc(N)n1.